The van der Waals surface area contributed by atoms with Gasteiger partial charge in [0.25, 0.3) is 5.56 Å². The predicted molar refractivity (Wildman–Crippen MR) is 112 cm³/mol. The van der Waals surface area contributed by atoms with Gasteiger partial charge >= 0.3 is 0 Å². The van der Waals surface area contributed by atoms with Crippen molar-refractivity contribution in [3.05, 3.63) is 39.9 Å². The summed E-state index contributed by atoms with van der Waals surface area (Å²) in [7, 11) is 0. The van der Waals surface area contributed by atoms with Gasteiger partial charge in [0.15, 0.2) is 5.82 Å². The number of hydrogen-bond acceptors (Lipinski definition) is 6. The largest absolute Gasteiger partial charge is 0.381 e. The van der Waals surface area contributed by atoms with Crippen LogP contribution in [-0.2, 0) is 11.3 Å². The van der Waals surface area contributed by atoms with E-state index in [9.17, 15) is 4.79 Å². The van der Waals surface area contributed by atoms with Gasteiger partial charge in [-0.2, -0.15) is 5.10 Å². The molecule has 2 aromatic rings. The van der Waals surface area contributed by atoms with Crippen LogP contribution in [0.5, 0.6) is 0 Å². The van der Waals surface area contributed by atoms with Crippen molar-refractivity contribution in [1.82, 2.24) is 29.4 Å². The van der Waals surface area contributed by atoms with E-state index in [2.05, 4.69) is 20.0 Å². The normalized spacial score (nSPS) is 21.5. The highest BCUT2D eigenvalue weighted by molar-refractivity contribution is 5.23. The maximum atomic E-state index is 12.3. The number of aryl methyl sites for hydroxylation is 2. The molecule has 4 heterocycles. The van der Waals surface area contributed by atoms with Gasteiger partial charge in [-0.15, -0.1) is 5.10 Å². The van der Waals surface area contributed by atoms with Gasteiger partial charge in [0.1, 0.15) is 0 Å². The highest BCUT2D eigenvalue weighted by Gasteiger charge is 2.22. The van der Waals surface area contributed by atoms with Gasteiger partial charge in [-0.05, 0) is 44.7 Å². The van der Waals surface area contributed by atoms with Crippen LogP contribution in [0.2, 0.25) is 0 Å². The van der Waals surface area contributed by atoms with Crippen LogP contribution < -0.4 is 5.56 Å². The minimum Gasteiger partial charge on any atom is -0.381 e. The third-order valence-corrected chi connectivity index (χ3v) is 5.94. The van der Waals surface area contributed by atoms with Crippen molar-refractivity contribution in [3.63, 3.8) is 0 Å². The maximum absolute atomic E-state index is 12.3. The van der Waals surface area contributed by atoms with E-state index in [1.54, 1.807) is 21.5 Å². The minimum atomic E-state index is -0.0637. The molecule has 2 saturated heterocycles. The number of aromatic nitrogens is 4. The molecule has 0 aliphatic carbocycles. The average molecular weight is 401 g/mol. The van der Waals surface area contributed by atoms with Crippen molar-refractivity contribution < 1.29 is 4.74 Å². The molecule has 0 radical (unpaired) electrons. The highest BCUT2D eigenvalue weighted by Crippen LogP contribution is 2.16. The van der Waals surface area contributed by atoms with E-state index in [0.717, 1.165) is 63.9 Å². The molecule has 1 atom stereocenters. The molecule has 0 bridgehead atoms. The van der Waals surface area contributed by atoms with Crippen LogP contribution in [0.1, 0.15) is 24.2 Å². The Hall–Kier alpha value is -2.03. The monoisotopic (exact) mass is 400 g/mol. The third kappa shape index (κ3) is 5.12. The summed E-state index contributed by atoms with van der Waals surface area (Å²) >= 11 is 0. The lowest BCUT2D eigenvalue weighted by Crippen LogP contribution is -2.49. The van der Waals surface area contributed by atoms with E-state index < -0.39 is 0 Å². The fourth-order valence-electron chi connectivity index (χ4n) is 4.32. The zero-order chi connectivity index (χ0) is 20.2. The van der Waals surface area contributed by atoms with Crippen molar-refractivity contribution in [2.24, 2.45) is 5.92 Å². The number of nitrogens with zero attached hydrogens (tertiary/aromatic N) is 6. The summed E-state index contributed by atoms with van der Waals surface area (Å²) in [6.07, 6.45) is 2.49. The number of rotatable bonds is 6. The van der Waals surface area contributed by atoms with E-state index in [0.29, 0.717) is 18.3 Å². The van der Waals surface area contributed by atoms with Crippen LogP contribution in [0.25, 0.3) is 5.82 Å². The quantitative estimate of drug-likeness (QED) is 0.723. The molecular formula is C21H32N6O2. The second-order valence-corrected chi connectivity index (χ2v) is 8.32. The Morgan fingerprint density at radius 3 is 2.55 bits per heavy atom. The minimum absolute atomic E-state index is 0.0637. The van der Waals surface area contributed by atoms with Crippen molar-refractivity contribution >= 4 is 0 Å². The molecule has 29 heavy (non-hydrogen) atoms. The van der Waals surface area contributed by atoms with E-state index in [1.165, 1.54) is 12.8 Å². The first-order valence-corrected chi connectivity index (χ1v) is 10.7. The van der Waals surface area contributed by atoms with Crippen LogP contribution in [0.3, 0.4) is 0 Å². The maximum Gasteiger partial charge on any atom is 0.266 e. The van der Waals surface area contributed by atoms with E-state index >= 15 is 0 Å². The van der Waals surface area contributed by atoms with Gasteiger partial charge in [0.2, 0.25) is 0 Å². The first kappa shape index (κ1) is 20.3. The van der Waals surface area contributed by atoms with Gasteiger partial charge in [-0.25, -0.2) is 9.36 Å². The van der Waals surface area contributed by atoms with Crippen molar-refractivity contribution in [2.45, 2.75) is 33.2 Å². The first-order chi connectivity index (χ1) is 14.1. The van der Waals surface area contributed by atoms with Crippen LogP contribution in [-0.4, -0.2) is 81.8 Å². The Bertz CT molecular complexity index is 862. The molecule has 0 saturated carbocycles. The van der Waals surface area contributed by atoms with Crippen LogP contribution >= 0.6 is 0 Å². The summed E-state index contributed by atoms with van der Waals surface area (Å²) in [6.45, 7) is 12.7. The molecule has 158 valence electrons. The third-order valence-electron chi connectivity index (χ3n) is 5.94. The number of ether oxygens (including phenoxy) is 1. The first-order valence-electron chi connectivity index (χ1n) is 10.7. The van der Waals surface area contributed by atoms with Gasteiger partial charge in [0.05, 0.1) is 18.8 Å². The van der Waals surface area contributed by atoms with Gasteiger partial charge in [-0.1, -0.05) is 0 Å². The number of hydrogen-bond donors (Lipinski definition) is 0. The Kier molecular flexibility index (Phi) is 6.42. The van der Waals surface area contributed by atoms with E-state index in [4.69, 9.17) is 4.74 Å². The van der Waals surface area contributed by atoms with Crippen LogP contribution in [0.15, 0.2) is 23.0 Å². The molecule has 1 unspecified atom stereocenters. The van der Waals surface area contributed by atoms with Gasteiger partial charge in [0, 0.05) is 57.6 Å². The topological polar surface area (TPSA) is 68.4 Å². The molecule has 0 amide bonds. The Morgan fingerprint density at radius 1 is 1.07 bits per heavy atom. The molecule has 0 aromatic carbocycles. The molecule has 2 aliphatic rings. The molecular weight excluding hydrogens is 368 g/mol. The smallest absolute Gasteiger partial charge is 0.266 e. The summed E-state index contributed by atoms with van der Waals surface area (Å²) in [5.41, 5.74) is 1.89. The molecule has 2 aromatic heterocycles. The molecule has 8 heteroatoms. The zero-order valence-electron chi connectivity index (χ0n) is 17.6. The molecule has 2 fully saturated rings. The summed E-state index contributed by atoms with van der Waals surface area (Å²) < 4.78 is 8.97. The Balaban J connectivity index is 1.30. The summed E-state index contributed by atoms with van der Waals surface area (Å²) in [6, 6.07) is 5.34. The average Bonchev–Trinajstić information content (AvgIpc) is 3.07. The van der Waals surface area contributed by atoms with Crippen LogP contribution in [0.4, 0.5) is 0 Å². The summed E-state index contributed by atoms with van der Waals surface area (Å²) in [5.74, 6) is 1.38. The zero-order valence-corrected chi connectivity index (χ0v) is 17.6. The molecule has 0 N–H and O–H groups in total. The van der Waals surface area contributed by atoms with Crippen molar-refractivity contribution in [1.29, 1.82) is 0 Å². The fraction of sp³-hybridized carbons (Fsp3) is 0.667. The Morgan fingerprint density at radius 2 is 1.86 bits per heavy atom. The fourth-order valence-corrected chi connectivity index (χ4v) is 4.32. The molecule has 0 spiro atoms. The summed E-state index contributed by atoms with van der Waals surface area (Å²) in [4.78, 5) is 17.3. The lowest BCUT2D eigenvalue weighted by atomic mass is 10.0. The Labute approximate surface area is 172 Å². The SMILES string of the molecule is Cc1cc(C)n(-c2ccc(=O)n(CCN3CCN(CC4CCCOC4)CC3)n2)n1. The highest BCUT2D eigenvalue weighted by atomic mass is 16.5. The van der Waals surface area contributed by atoms with Crippen LogP contribution in [0, 0.1) is 19.8 Å². The summed E-state index contributed by atoms with van der Waals surface area (Å²) in [5, 5.41) is 9.02. The lowest BCUT2D eigenvalue weighted by molar-refractivity contribution is 0.0283. The number of piperazine rings is 1. The van der Waals surface area contributed by atoms with Crippen molar-refractivity contribution in [3.8, 4) is 5.82 Å². The second-order valence-electron chi connectivity index (χ2n) is 8.32. The predicted octanol–water partition coefficient (Wildman–Crippen LogP) is 1.09. The van der Waals surface area contributed by atoms with Gasteiger partial charge in [-0.3, -0.25) is 9.69 Å². The standard InChI is InChI=1S/C21H32N6O2/c1-17-14-18(2)27(22-17)20-5-6-21(28)26(23-20)12-11-24-7-9-25(10-8-24)15-19-4-3-13-29-16-19/h5-6,14,19H,3-4,7-13,15-16H2,1-2H3. The molecule has 8 nitrogen and oxygen atoms in total. The van der Waals surface area contributed by atoms with Crippen molar-refractivity contribution in [2.75, 3.05) is 52.5 Å². The lowest BCUT2D eigenvalue weighted by Gasteiger charge is -2.37. The van der Waals surface area contributed by atoms with Gasteiger partial charge < -0.3 is 9.64 Å². The molecule has 2 aliphatic heterocycles. The van der Waals surface area contributed by atoms with E-state index in [1.807, 2.05) is 19.9 Å². The molecule has 4 rings (SSSR count). The second kappa shape index (κ2) is 9.19. The van der Waals surface area contributed by atoms with E-state index in [-0.39, 0.29) is 5.56 Å².